The van der Waals surface area contributed by atoms with Crippen LogP contribution in [-0.2, 0) is 27.7 Å². The van der Waals surface area contributed by atoms with E-state index in [0.29, 0.717) is 28.3 Å². The third-order valence-corrected chi connectivity index (χ3v) is 4.52. The molecule has 0 saturated heterocycles. The first kappa shape index (κ1) is 17.0. The van der Waals surface area contributed by atoms with Crippen molar-refractivity contribution < 1.29 is 13.4 Å². The summed E-state index contributed by atoms with van der Waals surface area (Å²) in [6, 6.07) is 5.31. The van der Waals surface area contributed by atoms with Crippen LogP contribution in [0.15, 0.2) is 22.6 Å². The molecule has 5 nitrogen and oxygen atoms in total. The molecule has 22 heavy (non-hydrogen) atoms. The van der Waals surface area contributed by atoms with E-state index in [1.165, 1.54) is 0 Å². The molecule has 2 aromatic rings. The maximum absolute atomic E-state index is 12.2. The fraction of sp³-hybridized carbons (Fsp3) is 0.467. The molecule has 0 bridgehead atoms. The van der Waals surface area contributed by atoms with Crippen LogP contribution in [-0.4, -0.2) is 21.5 Å². The van der Waals surface area contributed by atoms with Crippen LogP contribution in [0.25, 0.3) is 0 Å². The van der Waals surface area contributed by atoms with Crippen LogP contribution in [0, 0.1) is 0 Å². The van der Waals surface area contributed by atoms with Gasteiger partial charge in [0.15, 0.2) is 0 Å². The zero-order valence-corrected chi connectivity index (χ0v) is 14.6. The summed E-state index contributed by atoms with van der Waals surface area (Å²) < 4.78 is 22.9. The van der Waals surface area contributed by atoms with Crippen molar-refractivity contribution in [3.63, 3.8) is 0 Å². The number of hydrogen-bond donors (Lipinski definition) is 0. The molecule has 0 saturated carbocycles. The first-order valence-corrected chi connectivity index (χ1v) is 8.66. The summed E-state index contributed by atoms with van der Waals surface area (Å²) in [4.78, 5) is 0. The van der Waals surface area contributed by atoms with Crippen molar-refractivity contribution in [2.24, 2.45) is 0 Å². The van der Waals surface area contributed by atoms with Crippen LogP contribution in [0.1, 0.15) is 38.1 Å². The summed E-state index contributed by atoms with van der Waals surface area (Å²) in [6.07, 6.45) is 0. The van der Waals surface area contributed by atoms with E-state index in [2.05, 4.69) is 10.2 Å². The minimum atomic E-state index is -1.18. The summed E-state index contributed by atoms with van der Waals surface area (Å²) in [5.74, 6) is 2.14. The lowest BCUT2D eigenvalue weighted by molar-refractivity contribution is 0.378. The second kappa shape index (κ2) is 6.79. The van der Waals surface area contributed by atoms with Crippen LogP contribution >= 0.6 is 11.6 Å². The topological polar surface area (TPSA) is 65.2 Å². The summed E-state index contributed by atoms with van der Waals surface area (Å²) in [5, 5.41) is 8.48. The molecule has 2 rings (SSSR count). The monoisotopic (exact) mass is 342 g/mol. The van der Waals surface area contributed by atoms with Gasteiger partial charge in [0.25, 0.3) is 0 Å². The van der Waals surface area contributed by atoms with Crippen molar-refractivity contribution in [2.45, 2.75) is 37.7 Å². The lowest BCUT2D eigenvalue weighted by Gasteiger charge is -2.11. The average Bonchev–Trinajstić information content (AvgIpc) is 2.89. The molecular formula is C15H19ClN2O3S. The summed E-state index contributed by atoms with van der Waals surface area (Å²) in [5.41, 5.74) is 0.586. The van der Waals surface area contributed by atoms with E-state index in [1.54, 1.807) is 19.2 Å². The van der Waals surface area contributed by atoms with Gasteiger partial charge >= 0.3 is 0 Å². The van der Waals surface area contributed by atoms with Gasteiger partial charge in [0, 0.05) is 21.2 Å². The fourth-order valence-corrected chi connectivity index (χ4v) is 3.16. The van der Waals surface area contributed by atoms with E-state index in [0.717, 1.165) is 5.56 Å². The van der Waals surface area contributed by atoms with Gasteiger partial charge in [-0.3, -0.25) is 4.21 Å². The maximum atomic E-state index is 12.2. The highest BCUT2D eigenvalue weighted by molar-refractivity contribution is 7.83. The molecule has 0 fully saturated rings. The highest BCUT2D eigenvalue weighted by Gasteiger charge is 2.22. The second-order valence-corrected chi connectivity index (χ2v) is 7.80. The number of ether oxygens (including phenoxy) is 1. The molecule has 0 aliphatic carbocycles. The second-order valence-electron chi connectivity index (χ2n) is 5.94. The van der Waals surface area contributed by atoms with Crippen molar-refractivity contribution in [2.75, 3.05) is 7.11 Å². The van der Waals surface area contributed by atoms with Gasteiger partial charge in [-0.2, -0.15) is 0 Å². The number of halogens is 1. The lowest BCUT2D eigenvalue weighted by Crippen LogP contribution is -2.11. The number of rotatable bonds is 5. The van der Waals surface area contributed by atoms with Gasteiger partial charge in [0.05, 0.1) is 12.9 Å². The van der Waals surface area contributed by atoms with E-state index < -0.39 is 10.8 Å². The van der Waals surface area contributed by atoms with Crippen molar-refractivity contribution >= 4 is 22.4 Å². The third-order valence-electron chi connectivity index (χ3n) is 2.97. The Bertz CT molecular complexity index is 680. The van der Waals surface area contributed by atoms with Crippen molar-refractivity contribution in [3.8, 4) is 5.75 Å². The third kappa shape index (κ3) is 4.30. The largest absolute Gasteiger partial charge is 0.497 e. The molecule has 0 spiro atoms. The molecule has 0 radical (unpaired) electrons. The molecule has 0 aliphatic rings. The van der Waals surface area contributed by atoms with Gasteiger partial charge in [0.1, 0.15) is 11.5 Å². The Morgan fingerprint density at radius 1 is 1.27 bits per heavy atom. The molecule has 1 atom stereocenters. The smallest absolute Gasteiger partial charge is 0.229 e. The molecule has 0 N–H and O–H groups in total. The Hall–Kier alpha value is -1.40. The quantitative estimate of drug-likeness (QED) is 0.832. The van der Waals surface area contributed by atoms with Gasteiger partial charge in [-0.25, -0.2) is 0 Å². The predicted molar refractivity (Wildman–Crippen MR) is 86.6 cm³/mol. The minimum Gasteiger partial charge on any atom is -0.497 e. The minimum absolute atomic E-state index is 0.214. The predicted octanol–water partition coefficient (Wildman–Crippen LogP) is 3.48. The Balaban J connectivity index is 2.03. The number of nitrogens with zero attached hydrogens (tertiary/aromatic N) is 2. The summed E-state index contributed by atoms with van der Waals surface area (Å²) in [7, 11) is 0.399. The van der Waals surface area contributed by atoms with Crippen LogP contribution < -0.4 is 4.74 Å². The van der Waals surface area contributed by atoms with E-state index in [9.17, 15) is 4.21 Å². The van der Waals surface area contributed by atoms with Crippen LogP contribution in [0.4, 0.5) is 0 Å². The molecule has 120 valence electrons. The fourth-order valence-electron chi connectivity index (χ4n) is 1.75. The Morgan fingerprint density at radius 3 is 2.55 bits per heavy atom. The van der Waals surface area contributed by atoms with Gasteiger partial charge in [-0.05, 0) is 17.7 Å². The van der Waals surface area contributed by atoms with E-state index in [4.69, 9.17) is 20.8 Å². The number of hydrogen-bond acceptors (Lipinski definition) is 5. The van der Waals surface area contributed by atoms with E-state index in [1.807, 2.05) is 26.8 Å². The van der Waals surface area contributed by atoms with E-state index >= 15 is 0 Å². The molecule has 0 unspecified atom stereocenters. The highest BCUT2D eigenvalue weighted by atomic mass is 35.5. The van der Waals surface area contributed by atoms with Gasteiger partial charge in [-0.15, -0.1) is 10.2 Å². The molecule has 1 heterocycles. The summed E-state index contributed by atoms with van der Waals surface area (Å²) in [6.45, 7) is 5.95. The van der Waals surface area contributed by atoms with Crippen LogP contribution in [0.5, 0.6) is 5.75 Å². The Morgan fingerprint density at radius 2 is 2.00 bits per heavy atom. The SMILES string of the molecule is COc1ccc(C[S@@](=O)Cc2nnc(C(C)(C)C)o2)c(Cl)c1. The normalized spacial score (nSPS) is 13.1. The van der Waals surface area contributed by atoms with Gasteiger partial charge in [-0.1, -0.05) is 38.4 Å². The standard InChI is InChI=1S/C15H19ClN2O3S/c1-15(2,3)14-18-17-13(21-14)9-22(19)8-10-5-6-11(20-4)7-12(10)16/h5-7H,8-9H2,1-4H3/t22-/m1/s1. The number of methoxy groups -OCH3 is 1. The molecule has 0 aliphatic heterocycles. The summed E-state index contributed by atoms with van der Waals surface area (Å²) >= 11 is 6.15. The zero-order chi connectivity index (χ0) is 16.3. The number of aromatic nitrogens is 2. The van der Waals surface area contributed by atoms with Crippen molar-refractivity contribution in [1.82, 2.24) is 10.2 Å². The lowest BCUT2D eigenvalue weighted by atomic mass is 9.97. The molecular weight excluding hydrogens is 324 g/mol. The van der Waals surface area contributed by atoms with Gasteiger partial charge < -0.3 is 9.15 Å². The zero-order valence-electron chi connectivity index (χ0n) is 13.1. The first-order valence-electron chi connectivity index (χ1n) is 6.80. The molecule has 0 amide bonds. The molecule has 7 heteroatoms. The van der Waals surface area contributed by atoms with Crippen LogP contribution in [0.2, 0.25) is 5.02 Å². The van der Waals surface area contributed by atoms with Gasteiger partial charge in [0.2, 0.25) is 11.8 Å². The first-order chi connectivity index (χ1) is 10.3. The van der Waals surface area contributed by atoms with E-state index in [-0.39, 0.29) is 11.2 Å². The number of benzene rings is 1. The van der Waals surface area contributed by atoms with Crippen molar-refractivity contribution in [3.05, 3.63) is 40.6 Å². The maximum Gasteiger partial charge on any atom is 0.229 e. The molecule has 1 aromatic heterocycles. The Kier molecular flexibility index (Phi) is 5.24. The van der Waals surface area contributed by atoms with Crippen LogP contribution in [0.3, 0.4) is 0 Å². The van der Waals surface area contributed by atoms with Crippen molar-refractivity contribution in [1.29, 1.82) is 0 Å². The highest BCUT2D eigenvalue weighted by Crippen LogP contribution is 2.24. The Labute approximate surface area is 137 Å². The molecule has 1 aromatic carbocycles. The average molecular weight is 343 g/mol.